The minimum absolute atomic E-state index is 0.288. The molecule has 1 rings (SSSR count). The Hall–Kier alpha value is -2.08. The van der Waals surface area contributed by atoms with E-state index in [4.69, 9.17) is 5.11 Å². The number of nitrogens with zero attached hydrogens (tertiary/aromatic N) is 1. The lowest BCUT2D eigenvalue weighted by atomic mass is 10.1. The van der Waals surface area contributed by atoms with Gasteiger partial charge in [-0.05, 0) is 30.7 Å². The third-order valence-electron chi connectivity index (χ3n) is 4.04. The summed E-state index contributed by atoms with van der Waals surface area (Å²) in [6.07, 6.45) is 5.28. The molecule has 0 saturated carbocycles. The fraction of sp³-hybridized carbons (Fsp3) is 0.571. The molecule has 3 N–H and O–H groups in total. The van der Waals surface area contributed by atoms with Gasteiger partial charge in [0, 0.05) is 17.7 Å². The van der Waals surface area contributed by atoms with Gasteiger partial charge in [-0.2, -0.15) is 13.1 Å². The molecule has 1 aromatic rings. The van der Waals surface area contributed by atoms with Crippen molar-refractivity contribution >= 4 is 21.9 Å². The number of quaternary nitrogens is 1. The van der Waals surface area contributed by atoms with Crippen LogP contribution >= 0.6 is 0 Å². The predicted octanol–water partition coefficient (Wildman–Crippen LogP) is 2.80. The van der Waals surface area contributed by atoms with Crippen LogP contribution in [0, 0.1) is 11.8 Å². The quantitative estimate of drug-likeness (QED) is 0.273. The first-order chi connectivity index (χ1) is 13.5. The SMILES string of the molecule is CCCCCCC#Cc1ccc(NS(=O)(=O)N[C@H](CC(=O)O)C[N+](C)(C)C)cc1. The molecule has 0 fully saturated rings. The molecular formula is C21H34N3O4S+. The van der Waals surface area contributed by atoms with Gasteiger partial charge in [0.15, 0.2) is 0 Å². The molecule has 8 heteroatoms. The van der Waals surface area contributed by atoms with Crippen LogP contribution in [0.15, 0.2) is 24.3 Å². The van der Waals surface area contributed by atoms with Gasteiger partial charge in [0.2, 0.25) is 0 Å². The van der Waals surface area contributed by atoms with Crippen molar-refractivity contribution < 1.29 is 22.8 Å². The number of hydrogen-bond acceptors (Lipinski definition) is 3. The molecule has 0 aromatic heterocycles. The van der Waals surface area contributed by atoms with Crippen molar-refractivity contribution in [2.24, 2.45) is 0 Å². The normalized spacial score (nSPS) is 12.7. The number of likely N-dealkylation sites (N-methyl/N-ethyl adjacent to an activating group) is 1. The summed E-state index contributed by atoms with van der Waals surface area (Å²) in [5.41, 5.74) is 1.22. The van der Waals surface area contributed by atoms with Crippen LogP contribution in [0.5, 0.6) is 0 Å². The van der Waals surface area contributed by atoms with Crippen molar-refractivity contribution in [3.63, 3.8) is 0 Å². The average Bonchev–Trinajstić information content (AvgIpc) is 2.56. The van der Waals surface area contributed by atoms with Gasteiger partial charge in [-0.25, -0.2) is 0 Å². The van der Waals surface area contributed by atoms with Gasteiger partial charge in [-0.15, -0.1) is 0 Å². The number of carbonyl (C=O) groups is 1. The molecule has 0 bridgehead atoms. The molecule has 7 nitrogen and oxygen atoms in total. The van der Waals surface area contributed by atoms with E-state index in [1.54, 1.807) is 24.3 Å². The Morgan fingerprint density at radius 2 is 1.79 bits per heavy atom. The molecule has 0 aliphatic carbocycles. The highest BCUT2D eigenvalue weighted by molar-refractivity contribution is 7.90. The molecule has 0 aliphatic rings. The van der Waals surface area contributed by atoms with Crippen molar-refractivity contribution in [1.29, 1.82) is 0 Å². The van der Waals surface area contributed by atoms with E-state index >= 15 is 0 Å². The number of unbranched alkanes of at least 4 members (excludes halogenated alkanes) is 4. The van der Waals surface area contributed by atoms with Crippen LogP contribution in [0.25, 0.3) is 0 Å². The maximum absolute atomic E-state index is 12.4. The third kappa shape index (κ3) is 12.2. The minimum atomic E-state index is -3.90. The van der Waals surface area contributed by atoms with E-state index in [1.807, 2.05) is 21.1 Å². The van der Waals surface area contributed by atoms with Crippen molar-refractivity contribution in [3.05, 3.63) is 29.8 Å². The van der Waals surface area contributed by atoms with Gasteiger partial charge in [0.1, 0.15) is 0 Å². The molecule has 0 amide bonds. The summed E-state index contributed by atoms with van der Waals surface area (Å²) >= 11 is 0. The van der Waals surface area contributed by atoms with E-state index in [9.17, 15) is 13.2 Å². The summed E-state index contributed by atoms with van der Waals surface area (Å²) in [7, 11) is 1.72. The summed E-state index contributed by atoms with van der Waals surface area (Å²) in [5, 5.41) is 9.05. The topological polar surface area (TPSA) is 95.5 Å². The maximum atomic E-state index is 12.4. The first kappa shape index (κ1) is 25.0. The largest absolute Gasteiger partial charge is 0.481 e. The smallest absolute Gasteiger partial charge is 0.305 e. The summed E-state index contributed by atoms with van der Waals surface area (Å²) in [6, 6.07) is 6.09. The lowest BCUT2D eigenvalue weighted by Gasteiger charge is -2.29. The third-order valence-corrected chi connectivity index (χ3v) is 5.18. The lowest BCUT2D eigenvalue weighted by Crippen LogP contribution is -2.50. The second-order valence-corrected chi connectivity index (χ2v) is 9.63. The molecule has 0 saturated heterocycles. The number of anilines is 1. The van der Waals surface area contributed by atoms with Crippen LogP contribution < -0.4 is 9.44 Å². The number of rotatable bonds is 12. The van der Waals surface area contributed by atoms with Crippen LogP contribution in [-0.2, 0) is 15.0 Å². The molecule has 1 atom stereocenters. The molecule has 1 aromatic carbocycles. The van der Waals surface area contributed by atoms with Crippen LogP contribution in [0.1, 0.15) is 51.0 Å². The standard InChI is InChI=1S/C21H33N3O4S/c1-5-6-7-8-9-10-11-18-12-14-19(15-13-18)22-29(27,28)23-20(16-21(25)26)17-24(2,3)4/h12-15,20,22-23H,5-9,16-17H2,1-4H3/p+1/t20-/m1/s1. The minimum Gasteiger partial charge on any atom is -0.481 e. The van der Waals surface area contributed by atoms with Crippen LogP contribution in [0.2, 0.25) is 0 Å². The zero-order valence-corrected chi connectivity index (χ0v) is 18.7. The van der Waals surface area contributed by atoms with Gasteiger partial charge in [-0.3, -0.25) is 9.52 Å². The maximum Gasteiger partial charge on any atom is 0.305 e. The molecule has 29 heavy (non-hydrogen) atoms. The van der Waals surface area contributed by atoms with Gasteiger partial charge in [-0.1, -0.05) is 38.0 Å². The first-order valence-corrected chi connectivity index (χ1v) is 11.4. The average molecular weight is 425 g/mol. The Morgan fingerprint density at radius 1 is 1.14 bits per heavy atom. The molecule has 0 spiro atoms. The summed E-state index contributed by atoms with van der Waals surface area (Å²) < 4.78 is 30.1. The summed E-state index contributed by atoms with van der Waals surface area (Å²) in [6.45, 7) is 2.52. The van der Waals surface area contributed by atoms with Crippen molar-refractivity contribution in [1.82, 2.24) is 4.72 Å². The molecule has 0 radical (unpaired) electrons. The molecule has 162 valence electrons. The van der Waals surface area contributed by atoms with E-state index in [0.29, 0.717) is 16.7 Å². The van der Waals surface area contributed by atoms with Gasteiger partial charge < -0.3 is 9.59 Å². The van der Waals surface area contributed by atoms with E-state index in [0.717, 1.165) is 18.4 Å². The number of hydrogen-bond donors (Lipinski definition) is 3. The molecule has 0 aliphatic heterocycles. The van der Waals surface area contributed by atoms with E-state index in [1.165, 1.54) is 19.3 Å². The molecule has 0 unspecified atom stereocenters. The highest BCUT2D eigenvalue weighted by atomic mass is 32.2. The highest BCUT2D eigenvalue weighted by Crippen LogP contribution is 2.11. The number of carboxylic acids is 1. The second-order valence-electron chi connectivity index (χ2n) is 8.18. The Bertz CT molecular complexity index is 803. The number of aliphatic carboxylic acids is 1. The Balaban J connectivity index is 2.68. The van der Waals surface area contributed by atoms with Crippen LogP contribution in [0.4, 0.5) is 5.69 Å². The molecular weight excluding hydrogens is 390 g/mol. The Labute approximate surface area is 175 Å². The van der Waals surface area contributed by atoms with Gasteiger partial charge in [0.05, 0.1) is 40.2 Å². The monoisotopic (exact) mass is 424 g/mol. The number of carboxylic acid groups (broad SMARTS) is 1. The van der Waals surface area contributed by atoms with Crippen LogP contribution in [-0.4, -0.2) is 57.7 Å². The zero-order chi connectivity index (χ0) is 21.9. The van der Waals surface area contributed by atoms with Crippen molar-refractivity contribution in [3.8, 4) is 11.8 Å². The predicted molar refractivity (Wildman–Crippen MR) is 117 cm³/mol. The Kier molecular flexibility index (Phi) is 10.2. The van der Waals surface area contributed by atoms with Crippen molar-refractivity contribution in [2.75, 3.05) is 32.4 Å². The van der Waals surface area contributed by atoms with E-state index in [2.05, 4.69) is 28.2 Å². The van der Waals surface area contributed by atoms with Gasteiger partial charge >= 0.3 is 5.97 Å². The second kappa shape index (κ2) is 11.8. The number of nitrogens with one attached hydrogen (secondary N) is 2. The lowest BCUT2D eigenvalue weighted by molar-refractivity contribution is -0.871. The zero-order valence-electron chi connectivity index (χ0n) is 17.9. The highest BCUT2D eigenvalue weighted by Gasteiger charge is 2.25. The fourth-order valence-electron chi connectivity index (χ4n) is 2.85. The summed E-state index contributed by atoms with van der Waals surface area (Å²) in [4.78, 5) is 11.1. The fourth-order valence-corrected chi connectivity index (χ4v) is 3.95. The number of benzene rings is 1. The van der Waals surface area contributed by atoms with Crippen molar-refractivity contribution in [2.45, 2.75) is 51.5 Å². The molecule has 0 heterocycles. The first-order valence-electron chi connectivity index (χ1n) is 9.92. The Morgan fingerprint density at radius 3 is 2.34 bits per heavy atom. The van der Waals surface area contributed by atoms with E-state index < -0.39 is 22.2 Å². The van der Waals surface area contributed by atoms with Crippen LogP contribution in [0.3, 0.4) is 0 Å². The van der Waals surface area contributed by atoms with Gasteiger partial charge in [0.25, 0.3) is 10.2 Å². The van der Waals surface area contributed by atoms with E-state index in [-0.39, 0.29) is 6.42 Å². The summed E-state index contributed by atoms with van der Waals surface area (Å²) in [5.74, 6) is 5.16.